The third kappa shape index (κ3) is 1.85. The largest absolute Gasteiger partial charge is 0.477 e. The fraction of sp³-hybridized carbons (Fsp3) is 0.222. The van der Waals surface area contributed by atoms with Gasteiger partial charge in [-0.3, -0.25) is 0 Å². The quantitative estimate of drug-likeness (QED) is 0.832. The molecule has 0 aromatic heterocycles. The highest BCUT2D eigenvalue weighted by molar-refractivity contribution is 6.31. The van der Waals surface area contributed by atoms with Gasteiger partial charge in [-0.1, -0.05) is 23.7 Å². The van der Waals surface area contributed by atoms with Gasteiger partial charge in [-0.2, -0.15) is 8.78 Å². The topological polar surface area (TPSA) is 37.3 Å². The number of benzene rings is 1. The second-order valence-corrected chi connectivity index (χ2v) is 3.25. The van der Waals surface area contributed by atoms with Gasteiger partial charge in [0.05, 0.1) is 0 Å². The van der Waals surface area contributed by atoms with E-state index >= 15 is 0 Å². The molecule has 1 aromatic carbocycles. The van der Waals surface area contributed by atoms with Gasteiger partial charge in [0.15, 0.2) is 0 Å². The van der Waals surface area contributed by atoms with Crippen molar-refractivity contribution in [2.75, 3.05) is 0 Å². The number of aryl methyl sites for hydroxylation is 1. The summed E-state index contributed by atoms with van der Waals surface area (Å²) in [6.07, 6.45) is 0. The van der Waals surface area contributed by atoms with E-state index in [9.17, 15) is 13.6 Å². The van der Waals surface area contributed by atoms with Crippen LogP contribution in [0.3, 0.4) is 0 Å². The number of carbonyl (C=O) groups is 1. The highest BCUT2D eigenvalue weighted by atomic mass is 35.5. The molecule has 2 nitrogen and oxygen atoms in total. The van der Waals surface area contributed by atoms with E-state index in [1.807, 2.05) is 0 Å². The van der Waals surface area contributed by atoms with Crippen molar-refractivity contribution in [1.29, 1.82) is 0 Å². The summed E-state index contributed by atoms with van der Waals surface area (Å²) in [5.74, 6) is -6.07. The van der Waals surface area contributed by atoms with E-state index in [0.29, 0.717) is 5.56 Å². The van der Waals surface area contributed by atoms with E-state index in [4.69, 9.17) is 16.7 Å². The lowest BCUT2D eigenvalue weighted by atomic mass is 10.1. The van der Waals surface area contributed by atoms with Crippen molar-refractivity contribution in [3.63, 3.8) is 0 Å². The van der Waals surface area contributed by atoms with Gasteiger partial charge in [0.1, 0.15) is 0 Å². The van der Waals surface area contributed by atoms with E-state index in [2.05, 4.69) is 0 Å². The van der Waals surface area contributed by atoms with Gasteiger partial charge in [-0.25, -0.2) is 4.79 Å². The second-order valence-electron chi connectivity index (χ2n) is 2.84. The van der Waals surface area contributed by atoms with Crippen molar-refractivity contribution in [1.82, 2.24) is 0 Å². The third-order valence-electron chi connectivity index (χ3n) is 1.80. The molecule has 0 aliphatic rings. The molecule has 0 radical (unpaired) electrons. The molecule has 0 amide bonds. The van der Waals surface area contributed by atoms with Crippen LogP contribution in [0.5, 0.6) is 0 Å². The molecule has 0 saturated carbocycles. The van der Waals surface area contributed by atoms with Crippen LogP contribution in [-0.4, -0.2) is 11.1 Å². The molecule has 0 unspecified atom stereocenters. The molecule has 1 aromatic rings. The molecule has 14 heavy (non-hydrogen) atoms. The van der Waals surface area contributed by atoms with Crippen LogP contribution in [0.2, 0.25) is 5.02 Å². The first-order chi connectivity index (χ1) is 6.35. The molecular weight excluding hydrogens is 214 g/mol. The minimum absolute atomic E-state index is 0.128. The summed E-state index contributed by atoms with van der Waals surface area (Å²) >= 11 is 5.60. The van der Waals surface area contributed by atoms with Crippen LogP contribution in [0.25, 0.3) is 0 Å². The Kier molecular flexibility index (Phi) is 2.76. The van der Waals surface area contributed by atoms with Crippen molar-refractivity contribution in [2.45, 2.75) is 12.8 Å². The van der Waals surface area contributed by atoms with Crippen LogP contribution in [0.15, 0.2) is 18.2 Å². The van der Waals surface area contributed by atoms with Crippen LogP contribution in [0, 0.1) is 6.92 Å². The van der Waals surface area contributed by atoms with Gasteiger partial charge < -0.3 is 5.11 Å². The predicted molar refractivity (Wildman–Crippen MR) is 47.7 cm³/mol. The lowest BCUT2D eigenvalue weighted by Crippen LogP contribution is -2.25. The van der Waals surface area contributed by atoms with Crippen LogP contribution in [-0.2, 0) is 10.7 Å². The third-order valence-corrected chi connectivity index (χ3v) is 2.21. The standard InChI is InChI=1S/C9H7ClF2O2/c1-5-2-3-6(4-7(5)10)9(11,12)8(13)14/h2-4H,1H3,(H,13,14). The Balaban J connectivity index is 3.21. The first-order valence-electron chi connectivity index (χ1n) is 3.73. The maximum absolute atomic E-state index is 12.9. The molecule has 76 valence electrons. The zero-order chi connectivity index (χ0) is 10.9. The molecule has 0 saturated heterocycles. The maximum Gasteiger partial charge on any atom is 0.379 e. The molecule has 0 spiro atoms. The Morgan fingerprint density at radius 3 is 2.50 bits per heavy atom. The molecule has 0 heterocycles. The average molecular weight is 221 g/mol. The van der Waals surface area contributed by atoms with Gasteiger partial charge in [0.25, 0.3) is 0 Å². The summed E-state index contributed by atoms with van der Waals surface area (Å²) in [5, 5.41) is 8.39. The molecular formula is C9H7ClF2O2. The van der Waals surface area contributed by atoms with Crippen molar-refractivity contribution in [3.8, 4) is 0 Å². The number of hydrogen-bond acceptors (Lipinski definition) is 1. The van der Waals surface area contributed by atoms with Gasteiger partial charge in [-0.15, -0.1) is 0 Å². The molecule has 5 heteroatoms. The van der Waals surface area contributed by atoms with Crippen molar-refractivity contribution < 1.29 is 18.7 Å². The maximum atomic E-state index is 12.9. The van der Waals surface area contributed by atoms with Crippen molar-refractivity contribution >= 4 is 17.6 Å². The fourth-order valence-corrected chi connectivity index (χ4v) is 1.09. The molecule has 1 N–H and O–H groups in total. The van der Waals surface area contributed by atoms with E-state index in [1.165, 1.54) is 6.07 Å². The number of hydrogen-bond donors (Lipinski definition) is 1. The molecule has 0 aliphatic carbocycles. The summed E-state index contributed by atoms with van der Waals surface area (Å²) in [6, 6.07) is 3.37. The summed E-state index contributed by atoms with van der Waals surface area (Å²) < 4.78 is 25.9. The number of aliphatic carboxylic acids is 1. The SMILES string of the molecule is Cc1ccc(C(F)(F)C(=O)O)cc1Cl. The monoisotopic (exact) mass is 220 g/mol. The van der Waals surface area contributed by atoms with Gasteiger partial charge in [-0.05, 0) is 18.6 Å². The number of carboxylic acids is 1. The lowest BCUT2D eigenvalue weighted by Gasteiger charge is -2.12. The Bertz CT molecular complexity index is 377. The first-order valence-corrected chi connectivity index (χ1v) is 4.11. The van der Waals surface area contributed by atoms with Gasteiger partial charge >= 0.3 is 11.9 Å². The van der Waals surface area contributed by atoms with E-state index in [1.54, 1.807) is 6.92 Å². The fourth-order valence-electron chi connectivity index (χ4n) is 0.912. The predicted octanol–water partition coefficient (Wildman–Crippen LogP) is 2.82. The molecule has 0 atom stereocenters. The van der Waals surface area contributed by atoms with Crippen LogP contribution in [0.4, 0.5) is 8.78 Å². The summed E-state index contributed by atoms with van der Waals surface area (Å²) in [7, 11) is 0. The molecule has 0 bridgehead atoms. The zero-order valence-electron chi connectivity index (χ0n) is 7.22. The minimum Gasteiger partial charge on any atom is -0.477 e. The number of carboxylic acid groups (broad SMARTS) is 1. The number of alkyl halides is 2. The summed E-state index contributed by atoms with van der Waals surface area (Å²) in [6.45, 7) is 1.64. The second kappa shape index (κ2) is 3.53. The Hall–Kier alpha value is -1.16. The van der Waals surface area contributed by atoms with E-state index < -0.39 is 17.5 Å². The minimum atomic E-state index is -3.89. The Morgan fingerprint density at radius 1 is 1.50 bits per heavy atom. The Morgan fingerprint density at radius 2 is 2.07 bits per heavy atom. The average Bonchev–Trinajstić information content (AvgIpc) is 2.09. The van der Waals surface area contributed by atoms with Crippen LogP contribution < -0.4 is 0 Å². The molecule has 0 aliphatic heterocycles. The summed E-state index contributed by atoms with van der Waals surface area (Å²) in [4.78, 5) is 10.2. The van der Waals surface area contributed by atoms with Crippen LogP contribution >= 0.6 is 11.6 Å². The summed E-state index contributed by atoms with van der Waals surface area (Å²) in [5.41, 5.74) is 0.0113. The molecule has 1 rings (SSSR count). The first kappa shape index (κ1) is 10.9. The van der Waals surface area contributed by atoms with Crippen molar-refractivity contribution in [2.24, 2.45) is 0 Å². The highest BCUT2D eigenvalue weighted by Gasteiger charge is 2.41. The number of halogens is 3. The lowest BCUT2D eigenvalue weighted by molar-refractivity contribution is -0.166. The Labute approximate surface area is 84.1 Å². The van der Waals surface area contributed by atoms with Crippen LogP contribution in [0.1, 0.15) is 11.1 Å². The number of rotatable bonds is 2. The van der Waals surface area contributed by atoms with Gasteiger partial charge in [0, 0.05) is 10.6 Å². The van der Waals surface area contributed by atoms with E-state index in [0.717, 1.165) is 12.1 Å². The van der Waals surface area contributed by atoms with E-state index in [-0.39, 0.29) is 5.02 Å². The zero-order valence-corrected chi connectivity index (χ0v) is 7.98. The highest BCUT2D eigenvalue weighted by Crippen LogP contribution is 2.30. The normalized spacial score (nSPS) is 11.4. The van der Waals surface area contributed by atoms with Gasteiger partial charge in [0.2, 0.25) is 0 Å². The smallest absolute Gasteiger partial charge is 0.379 e. The molecule has 0 fully saturated rings. The van der Waals surface area contributed by atoms with Crippen molar-refractivity contribution in [3.05, 3.63) is 34.3 Å².